The van der Waals surface area contributed by atoms with Gasteiger partial charge in [-0.2, -0.15) is 0 Å². The van der Waals surface area contributed by atoms with Crippen LogP contribution in [0.4, 0.5) is 13.2 Å². The van der Waals surface area contributed by atoms with Crippen LogP contribution >= 0.6 is 0 Å². The summed E-state index contributed by atoms with van der Waals surface area (Å²) in [5, 5.41) is 8.76. The van der Waals surface area contributed by atoms with Gasteiger partial charge in [0.05, 0.1) is 0 Å². The molecule has 0 radical (unpaired) electrons. The lowest BCUT2D eigenvalue weighted by Crippen LogP contribution is -2.27. The van der Waals surface area contributed by atoms with Gasteiger partial charge < -0.3 is 9.84 Å². The fraction of sp³-hybridized carbons (Fsp3) is 0.364. The Labute approximate surface area is 95.8 Å². The van der Waals surface area contributed by atoms with Gasteiger partial charge in [-0.25, -0.2) is 18.0 Å². The third-order valence-electron chi connectivity index (χ3n) is 2.05. The van der Waals surface area contributed by atoms with Crippen LogP contribution in [0.25, 0.3) is 0 Å². The maximum absolute atomic E-state index is 13.2. The Hall–Kier alpha value is -1.72. The normalized spacial score (nSPS) is 12.2. The van der Waals surface area contributed by atoms with Crippen molar-refractivity contribution in [2.75, 3.05) is 0 Å². The van der Waals surface area contributed by atoms with Crippen LogP contribution in [0.15, 0.2) is 12.1 Å². The SMILES string of the molecule is CCCC(Oc1c(F)cc(F)cc1F)C(=O)O. The molecule has 1 N–H and O–H groups in total. The third kappa shape index (κ3) is 3.37. The summed E-state index contributed by atoms with van der Waals surface area (Å²) in [7, 11) is 0. The van der Waals surface area contributed by atoms with Gasteiger partial charge in [0.25, 0.3) is 0 Å². The molecule has 0 aliphatic rings. The van der Waals surface area contributed by atoms with Gasteiger partial charge in [-0.1, -0.05) is 13.3 Å². The van der Waals surface area contributed by atoms with Crippen LogP contribution < -0.4 is 4.74 Å². The first kappa shape index (κ1) is 13.3. The highest BCUT2D eigenvalue weighted by molar-refractivity contribution is 5.72. The molecule has 0 fully saturated rings. The summed E-state index contributed by atoms with van der Waals surface area (Å²) in [6, 6.07) is 0.868. The number of halogens is 3. The van der Waals surface area contributed by atoms with Crippen LogP contribution in [0, 0.1) is 17.5 Å². The highest BCUT2D eigenvalue weighted by atomic mass is 19.1. The second-order valence-electron chi connectivity index (χ2n) is 3.43. The zero-order chi connectivity index (χ0) is 13.0. The molecule has 1 unspecified atom stereocenters. The average molecular weight is 248 g/mol. The molecule has 1 rings (SSSR count). The van der Waals surface area contributed by atoms with Crippen LogP contribution in [0.5, 0.6) is 5.75 Å². The summed E-state index contributed by atoms with van der Waals surface area (Å²) in [5.41, 5.74) is 0. The Balaban J connectivity index is 2.97. The van der Waals surface area contributed by atoms with E-state index < -0.39 is 35.3 Å². The first-order valence-corrected chi connectivity index (χ1v) is 4.99. The molecular weight excluding hydrogens is 237 g/mol. The van der Waals surface area contributed by atoms with E-state index >= 15 is 0 Å². The summed E-state index contributed by atoms with van der Waals surface area (Å²) in [5.74, 6) is -5.80. The van der Waals surface area contributed by atoms with E-state index in [0.717, 1.165) is 0 Å². The van der Waals surface area contributed by atoms with Crippen molar-refractivity contribution < 1.29 is 27.8 Å². The number of benzene rings is 1. The molecule has 0 saturated carbocycles. The van der Waals surface area contributed by atoms with E-state index in [2.05, 4.69) is 0 Å². The van der Waals surface area contributed by atoms with Crippen LogP contribution in [-0.4, -0.2) is 17.2 Å². The van der Waals surface area contributed by atoms with Crippen molar-refractivity contribution in [2.45, 2.75) is 25.9 Å². The maximum atomic E-state index is 13.2. The molecular formula is C11H11F3O3. The Morgan fingerprint density at radius 1 is 1.35 bits per heavy atom. The van der Waals surface area contributed by atoms with Gasteiger partial charge in [-0.3, -0.25) is 0 Å². The van der Waals surface area contributed by atoms with Gasteiger partial charge in [0, 0.05) is 12.1 Å². The first-order valence-electron chi connectivity index (χ1n) is 4.99. The Bertz CT molecular complexity index is 397. The predicted molar refractivity (Wildman–Crippen MR) is 53.3 cm³/mol. The van der Waals surface area contributed by atoms with Gasteiger partial charge >= 0.3 is 5.97 Å². The molecule has 0 amide bonds. The first-order chi connectivity index (χ1) is 7.95. The molecule has 0 aliphatic heterocycles. The number of hydrogen-bond acceptors (Lipinski definition) is 2. The minimum absolute atomic E-state index is 0.103. The monoisotopic (exact) mass is 248 g/mol. The van der Waals surface area contributed by atoms with Crippen LogP contribution in [0.1, 0.15) is 19.8 Å². The average Bonchev–Trinajstić information content (AvgIpc) is 2.21. The maximum Gasteiger partial charge on any atom is 0.344 e. The van der Waals surface area contributed by atoms with Crippen molar-refractivity contribution in [3.8, 4) is 5.75 Å². The van der Waals surface area contributed by atoms with E-state index in [1.54, 1.807) is 6.92 Å². The molecule has 0 aliphatic carbocycles. The van der Waals surface area contributed by atoms with Crippen molar-refractivity contribution in [3.05, 3.63) is 29.6 Å². The van der Waals surface area contributed by atoms with E-state index in [9.17, 15) is 18.0 Å². The van der Waals surface area contributed by atoms with Crippen molar-refractivity contribution >= 4 is 5.97 Å². The molecule has 17 heavy (non-hydrogen) atoms. The summed E-state index contributed by atoms with van der Waals surface area (Å²) in [6.07, 6.45) is -0.776. The van der Waals surface area contributed by atoms with E-state index in [1.165, 1.54) is 0 Å². The summed E-state index contributed by atoms with van der Waals surface area (Å²) in [6.45, 7) is 1.71. The molecule has 6 heteroatoms. The minimum Gasteiger partial charge on any atom is -0.479 e. The molecule has 0 heterocycles. The molecule has 3 nitrogen and oxygen atoms in total. The quantitative estimate of drug-likeness (QED) is 0.871. The Morgan fingerprint density at radius 2 is 1.88 bits per heavy atom. The van der Waals surface area contributed by atoms with Gasteiger partial charge in [-0.05, 0) is 6.42 Å². The lowest BCUT2D eigenvalue weighted by atomic mass is 10.2. The van der Waals surface area contributed by atoms with Gasteiger partial charge in [0.15, 0.2) is 23.5 Å². The van der Waals surface area contributed by atoms with Crippen LogP contribution in [-0.2, 0) is 4.79 Å². The third-order valence-corrected chi connectivity index (χ3v) is 2.05. The largest absolute Gasteiger partial charge is 0.479 e. The topological polar surface area (TPSA) is 46.5 Å². The lowest BCUT2D eigenvalue weighted by Gasteiger charge is -2.15. The lowest BCUT2D eigenvalue weighted by molar-refractivity contribution is -0.145. The number of carboxylic acid groups (broad SMARTS) is 1. The molecule has 1 atom stereocenters. The molecule has 0 aromatic heterocycles. The standard InChI is InChI=1S/C11H11F3O3/c1-2-3-9(11(15)16)17-10-7(13)4-6(12)5-8(10)14/h4-5,9H,2-3H2,1H3,(H,15,16). The second kappa shape index (κ2) is 5.56. The summed E-state index contributed by atoms with van der Waals surface area (Å²) < 4.78 is 43.7. The fourth-order valence-electron chi connectivity index (χ4n) is 1.28. The number of aliphatic carboxylic acids is 1. The van der Waals surface area contributed by atoms with E-state index in [0.29, 0.717) is 18.6 Å². The van der Waals surface area contributed by atoms with Crippen molar-refractivity contribution in [3.63, 3.8) is 0 Å². The second-order valence-corrected chi connectivity index (χ2v) is 3.43. The van der Waals surface area contributed by atoms with Crippen LogP contribution in [0.2, 0.25) is 0 Å². The van der Waals surface area contributed by atoms with E-state index in [-0.39, 0.29) is 6.42 Å². The molecule has 0 saturated heterocycles. The molecule has 0 spiro atoms. The predicted octanol–water partition coefficient (Wildman–Crippen LogP) is 2.74. The van der Waals surface area contributed by atoms with Crippen LogP contribution in [0.3, 0.4) is 0 Å². The van der Waals surface area contributed by atoms with Gasteiger partial charge in [0.2, 0.25) is 0 Å². The van der Waals surface area contributed by atoms with Crippen molar-refractivity contribution in [1.82, 2.24) is 0 Å². The zero-order valence-corrected chi connectivity index (χ0v) is 9.04. The zero-order valence-electron chi connectivity index (χ0n) is 9.04. The van der Waals surface area contributed by atoms with E-state index in [1.807, 2.05) is 0 Å². The van der Waals surface area contributed by atoms with Crippen molar-refractivity contribution in [2.24, 2.45) is 0 Å². The highest BCUT2D eigenvalue weighted by Gasteiger charge is 2.22. The fourth-order valence-corrected chi connectivity index (χ4v) is 1.28. The molecule has 0 bridgehead atoms. The Kier molecular flexibility index (Phi) is 4.37. The molecule has 1 aromatic rings. The summed E-state index contributed by atoms with van der Waals surface area (Å²) >= 11 is 0. The number of carbonyl (C=O) groups is 1. The van der Waals surface area contributed by atoms with E-state index in [4.69, 9.17) is 9.84 Å². The molecule has 1 aromatic carbocycles. The minimum atomic E-state index is -1.35. The Morgan fingerprint density at radius 3 is 2.29 bits per heavy atom. The van der Waals surface area contributed by atoms with Crippen molar-refractivity contribution in [1.29, 1.82) is 0 Å². The number of hydrogen-bond donors (Lipinski definition) is 1. The number of ether oxygens (including phenoxy) is 1. The number of rotatable bonds is 5. The number of carboxylic acids is 1. The van der Waals surface area contributed by atoms with Gasteiger partial charge in [0.1, 0.15) is 5.82 Å². The van der Waals surface area contributed by atoms with Gasteiger partial charge in [-0.15, -0.1) is 0 Å². The molecule has 94 valence electrons. The highest BCUT2D eigenvalue weighted by Crippen LogP contribution is 2.24. The smallest absolute Gasteiger partial charge is 0.344 e. The summed E-state index contributed by atoms with van der Waals surface area (Å²) in [4.78, 5) is 10.7.